The molecule has 0 saturated carbocycles. The van der Waals surface area contributed by atoms with E-state index >= 15 is 0 Å². The largest absolute Gasteiger partial charge is 0.393 e. The van der Waals surface area contributed by atoms with Gasteiger partial charge in [0.2, 0.25) is 0 Å². The maximum atomic E-state index is 13.0. The zero-order valence-electron chi connectivity index (χ0n) is 13.0. The lowest BCUT2D eigenvalue weighted by atomic mass is 10.1. The Morgan fingerprint density at radius 3 is 2.38 bits per heavy atom. The molecule has 0 bridgehead atoms. The number of aromatic nitrogens is 2. The summed E-state index contributed by atoms with van der Waals surface area (Å²) in [6.45, 7) is 0.710. The van der Waals surface area contributed by atoms with Crippen molar-refractivity contribution in [3.8, 4) is 0 Å². The maximum absolute atomic E-state index is 13.0. The van der Waals surface area contributed by atoms with Crippen molar-refractivity contribution in [2.75, 3.05) is 22.9 Å². The minimum Gasteiger partial charge on any atom is -0.393 e. The fourth-order valence-electron chi connectivity index (χ4n) is 2.28. The van der Waals surface area contributed by atoms with E-state index in [1.165, 1.54) is 24.0 Å². The Labute approximate surface area is 139 Å². The monoisotopic (exact) mass is 323 g/mol. The van der Waals surface area contributed by atoms with Crippen LogP contribution in [-0.2, 0) is 6.42 Å². The number of rotatable bonds is 6. The van der Waals surface area contributed by atoms with Gasteiger partial charge < -0.3 is 16.4 Å². The van der Waals surface area contributed by atoms with Crippen molar-refractivity contribution in [3.05, 3.63) is 72.3 Å². The van der Waals surface area contributed by atoms with Crippen LogP contribution >= 0.6 is 0 Å². The molecule has 3 aromatic rings. The third kappa shape index (κ3) is 3.98. The van der Waals surface area contributed by atoms with Crippen LogP contribution in [0.5, 0.6) is 0 Å². The summed E-state index contributed by atoms with van der Waals surface area (Å²) in [5, 5.41) is 6.29. The summed E-state index contributed by atoms with van der Waals surface area (Å²) >= 11 is 0. The van der Waals surface area contributed by atoms with Gasteiger partial charge in [-0.05, 0) is 36.2 Å². The molecule has 0 spiro atoms. The standard InChI is InChI=1S/C18H18FN5/c19-14-6-8-15(9-7-14)24-18-16(20)17(22-12-23-18)21-11-10-13-4-2-1-3-5-13/h1-9,12H,10-11,20H2,(H2,21,22,23,24). The molecule has 0 radical (unpaired) electrons. The molecular formula is C18H18FN5. The highest BCUT2D eigenvalue weighted by molar-refractivity contribution is 5.77. The van der Waals surface area contributed by atoms with E-state index in [2.05, 4.69) is 32.7 Å². The molecule has 4 N–H and O–H groups in total. The highest BCUT2D eigenvalue weighted by Crippen LogP contribution is 2.25. The fraction of sp³-hybridized carbons (Fsp3) is 0.111. The van der Waals surface area contributed by atoms with E-state index in [1.807, 2.05) is 18.2 Å². The van der Waals surface area contributed by atoms with Gasteiger partial charge in [0.05, 0.1) is 0 Å². The van der Waals surface area contributed by atoms with Gasteiger partial charge in [0.15, 0.2) is 11.6 Å². The smallest absolute Gasteiger partial charge is 0.159 e. The summed E-state index contributed by atoms with van der Waals surface area (Å²) in [6.07, 6.45) is 2.30. The predicted molar refractivity (Wildman–Crippen MR) is 94.8 cm³/mol. The molecule has 2 aromatic carbocycles. The van der Waals surface area contributed by atoms with Crippen LogP contribution in [-0.4, -0.2) is 16.5 Å². The minimum atomic E-state index is -0.292. The molecule has 0 fully saturated rings. The van der Waals surface area contributed by atoms with E-state index in [4.69, 9.17) is 5.73 Å². The quantitative estimate of drug-likeness (QED) is 0.646. The summed E-state index contributed by atoms with van der Waals surface area (Å²) < 4.78 is 13.0. The van der Waals surface area contributed by atoms with E-state index in [1.54, 1.807) is 12.1 Å². The molecule has 122 valence electrons. The second kappa shape index (κ2) is 7.41. The summed E-state index contributed by atoms with van der Waals surface area (Å²) in [6, 6.07) is 16.2. The summed E-state index contributed by atoms with van der Waals surface area (Å²) in [7, 11) is 0. The molecule has 3 rings (SSSR count). The summed E-state index contributed by atoms with van der Waals surface area (Å²) in [5.41, 5.74) is 8.49. The first kappa shape index (κ1) is 15.7. The topological polar surface area (TPSA) is 75.9 Å². The van der Waals surface area contributed by atoms with Crippen LogP contribution in [0, 0.1) is 5.82 Å². The third-order valence-corrected chi connectivity index (χ3v) is 3.54. The van der Waals surface area contributed by atoms with Crippen LogP contribution < -0.4 is 16.4 Å². The number of nitrogens with one attached hydrogen (secondary N) is 2. The van der Waals surface area contributed by atoms with Crippen molar-refractivity contribution in [2.24, 2.45) is 0 Å². The fourth-order valence-corrected chi connectivity index (χ4v) is 2.28. The number of nitrogen functional groups attached to an aromatic ring is 1. The number of anilines is 4. The van der Waals surface area contributed by atoms with Gasteiger partial charge in [-0.15, -0.1) is 0 Å². The second-order valence-corrected chi connectivity index (χ2v) is 5.28. The molecule has 0 aliphatic heterocycles. The molecular weight excluding hydrogens is 305 g/mol. The van der Waals surface area contributed by atoms with Gasteiger partial charge in [-0.2, -0.15) is 0 Å². The van der Waals surface area contributed by atoms with E-state index in [-0.39, 0.29) is 5.82 Å². The second-order valence-electron chi connectivity index (χ2n) is 5.28. The number of hydrogen-bond donors (Lipinski definition) is 3. The lowest BCUT2D eigenvalue weighted by Crippen LogP contribution is -2.10. The Bertz CT molecular complexity index is 790. The molecule has 0 amide bonds. The van der Waals surface area contributed by atoms with E-state index in [0.29, 0.717) is 29.6 Å². The summed E-state index contributed by atoms with van der Waals surface area (Å²) in [4.78, 5) is 8.32. The normalized spacial score (nSPS) is 10.4. The van der Waals surface area contributed by atoms with E-state index in [0.717, 1.165) is 6.42 Å². The third-order valence-electron chi connectivity index (χ3n) is 3.54. The number of halogens is 1. The van der Waals surface area contributed by atoms with E-state index in [9.17, 15) is 4.39 Å². The molecule has 1 heterocycles. The van der Waals surface area contributed by atoms with Gasteiger partial charge in [-0.3, -0.25) is 0 Å². The molecule has 0 saturated heterocycles. The van der Waals surface area contributed by atoms with Crippen LogP contribution in [0.25, 0.3) is 0 Å². The first-order valence-corrected chi connectivity index (χ1v) is 7.63. The highest BCUT2D eigenvalue weighted by atomic mass is 19.1. The molecule has 24 heavy (non-hydrogen) atoms. The van der Waals surface area contributed by atoms with Gasteiger partial charge in [0.1, 0.15) is 17.8 Å². The lowest BCUT2D eigenvalue weighted by Gasteiger charge is -2.12. The van der Waals surface area contributed by atoms with Crippen molar-refractivity contribution >= 4 is 23.0 Å². The van der Waals surface area contributed by atoms with Crippen LogP contribution in [0.1, 0.15) is 5.56 Å². The molecule has 0 aliphatic carbocycles. The average molecular weight is 323 g/mol. The lowest BCUT2D eigenvalue weighted by molar-refractivity contribution is 0.628. The SMILES string of the molecule is Nc1c(NCCc2ccccc2)ncnc1Nc1ccc(F)cc1. The van der Waals surface area contributed by atoms with Crippen molar-refractivity contribution in [3.63, 3.8) is 0 Å². The zero-order valence-corrected chi connectivity index (χ0v) is 13.0. The van der Waals surface area contributed by atoms with Crippen LogP contribution in [0.3, 0.4) is 0 Å². The van der Waals surface area contributed by atoms with Gasteiger partial charge in [0.25, 0.3) is 0 Å². The Hall–Kier alpha value is -3.15. The first-order valence-electron chi connectivity index (χ1n) is 7.63. The van der Waals surface area contributed by atoms with Crippen molar-refractivity contribution in [1.29, 1.82) is 0 Å². The zero-order chi connectivity index (χ0) is 16.8. The number of benzene rings is 2. The highest BCUT2D eigenvalue weighted by Gasteiger charge is 2.08. The molecule has 0 atom stereocenters. The van der Waals surface area contributed by atoms with Gasteiger partial charge >= 0.3 is 0 Å². The number of nitrogens with zero attached hydrogens (tertiary/aromatic N) is 2. The molecule has 0 unspecified atom stereocenters. The first-order chi connectivity index (χ1) is 11.7. The van der Waals surface area contributed by atoms with Crippen molar-refractivity contribution in [1.82, 2.24) is 9.97 Å². The van der Waals surface area contributed by atoms with Crippen LogP contribution in [0.2, 0.25) is 0 Å². The Balaban J connectivity index is 1.65. The number of hydrogen-bond acceptors (Lipinski definition) is 5. The Morgan fingerprint density at radius 2 is 1.62 bits per heavy atom. The maximum Gasteiger partial charge on any atom is 0.159 e. The Morgan fingerprint density at radius 1 is 0.917 bits per heavy atom. The summed E-state index contributed by atoms with van der Waals surface area (Å²) in [5.74, 6) is 0.767. The molecule has 6 heteroatoms. The molecule has 5 nitrogen and oxygen atoms in total. The number of nitrogens with two attached hydrogens (primary N) is 1. The van der Waals surface area contributed by atoms with E-state index < -0.39 is 0 Å². The van der Waals surface area contributed by atoms with Crippen LogP contribution in [0.4, 0.5) is 27.4 Å². The van der Waals surface area contributed by atoms with Crippen molar-refractivity contribution < 1.29 is 4.39 Å². The molecule has 1 aromatic heterocycles. The van der Waals surface area contributed by atoms with Gasteiger partial charge in [-0.25, -0.2) is 14.4 Å². The van der Waals surface area contributed by atoms with Gasteiger partial charge in [-0.1, -0.05) is 30.3 Å². The Kier molecular flexibility index (Phi) is 4.86. The van der Waals surface area contributed by atoms with Crippen molar-refractivity contribution in [2.45, 2.75) is 6.42 Å². The predicted octanol–water partition coefficient (Wildman–Crippen LogP) is 3.60. The van der Waals surface area contributed by atoms with Crippen LogP contribution in [0.15, 0.2) is 60.9 Å². The average Bonchev–Trinajstić information content (AvgIpc) is 2.61. The van der Waals surface area contributed by atoms with Gasteiger partial charge in [0, 0.05) is 12.2 Å². The molecule has 0 aliphatic rings. The minimum absolute atomic E-state index is 0.292.